The standard InChI is InChI=1S/C17H19NO2S2/c1-2-3-9-18-14-10-12(17(19)22)11-15(21)16(14)20-13-7-5-4-6-8-13/h4-8,10-11,18,21H,2-3,9H2,1H3,(H,19,22). The number of anilines is 1. The normalized spacial score (nSPS) is 10.3. The van der Waals surface area contributed by atoms with Crippen LogP contribution in [0.3, 0.4) is 0 Å². The van der Waals surface area contributed by atoms with Gasteiger partial charge in [-0.25, -0.2) is 0 Å². The summed E-state index contributed by atoms with van der Waals surface area (Å²) in [5, 5.41) is 12.7. The number of hydrogen-bond donors (Lipinski definition) is 3. The summed E-state index contributed by atoms with van der Waals surface area (Å²) >= 11 is 9.31. The van der Waals surface area contributed by atoms with E-state index in [0.29, 0.717) is 16.2 Å². The van der Waals surface area contributed by atoms with Crippen molar-refractivity contribution in [1.29, 1.82) is 0 Å². The Morgan fingerprint density at radius 2 is 2.00 bits per heavy atom. The van der Waals surface area contributed by atoms with Crippen LogP contribution in [0.1, 0.15) is 25.3 Å². The summed E-state index contributed by atoms with van der Waals surface area (Å²) in [6.07, 6.45) is 2.13. The van der Waals surface area contributed by atoms with Gasteiger partial charge in [0.1, 0.15) is 5.75 Å². The molecule has 0 aliphatic rings. The van der Waals surface area contributed by atoms with Gasteiger partial charge in [0.2, 0.25) is 0 Å². The Kier molecular flexibility index (Phi) is 6.10. The summed E-state index contributed by atoms with van der Waals surface area (Å²) in [6.45, 7) is 2.95. The van der Waals surface area contributed by atoms with Crippen molar-refractivity contribution in [3.05, 3.63) is 48.0 Å². The summed E-state index contributed by atoms with van der Waals surface area (Å²) < 4.78 is 5.94. The summed E-state index contributed by atoms with van der Waals surface area (Å²) in [7, 11) is 0. The van der Waals surface area contributed by atoms with Crippen molar-refractivity contribution in [3.63, 3.8) is 0 Å². The van der Waals surface area contributed by atoms with E-state index in [0.717, 1.165) is 30.8 Å². The van der Waals surface area contributed by atoms with Crippen LogP contribution in [0, 0.1) is 0 Å². The molecule has 2 aromatic rings. The van der Waals surface area contributed by atoms with E-state index < -0.39 is 0 Å². The van der Waals surface area contributed by atoms with Crippen molar-refractivity contribution in [2.24, 2.45) is 0 Å². The van der Waals surface area contributed by atoms with Crippen molar-refractivity contribution in [1.82, 2.24) is 0 Å². The predicted octanol–water partition coefficient (Wildman–Crippen LogP) is 5.21. The molecule has 0 fully saturated rings. The Hall–Kier alpha value is -1.72. The molecule has 0 atom stereocenters. The van der Waals surface area contributed by atoms with Gasteiger partial charge in [0, 0.05) is 17.0 Å². The lowest BCUT2D eigenvalue weighted by Gasteiger charge is -2.16. The molecule has 0 radical (unpaired) electrons. The molecular formula is C17H19NO2S2. The molecule has 0 aromatic heterocycles. The molecule has 0 amide bonds. The van der Waals surface area contributed by atoms with E-state index in [1.807, 2.05) is 30.3 Å². The fourth-order valence-electron chi connectivity index (χ4n) is 1.98. The van der Waals surface area contributed by atoms with Gasteiger partial charge < -0.3 is 15.2 Å². The zero-order chi connectivity index (χ0) is 15.9. The van der Waals surface area contributed by atoms with Crippen LogP contribution in [0.5, 0.6) is 11.5 Å². The minimum atomic E-state index is -0.153. The molecule has 0 spiro atoms. The highest BCUT2D eigenvalue weighted by Crippen LogP contribution is 2.37. The molecule has 0 saturated carbocycles. The lowest BCUT2D eigenvalue weighted by molar-refractivity contribution is 0.473. The Balaban J connectivity index is 2.34. The van der Waals surface area contributed by atoms with Gasteiger partial charge in [0.15, 0.2) is 10.8 Å². The van der Waals surface area contributed by atoms with Gasteiger partial charge in [0.05, 0.1) is 5.69 Å². The zero-order valence-electron chi connectivity index (χ0n) is 12.4. The number of ether oxygens (including phenoxy) is 1. The highest BCUT2D eigenvalue weighted by Gasteiger charge is 2.13. The molecule has 0 aliphatic heterocycles. The lowest BCUT2D eigenvalue weighted by Crippen LogP contribution is -2.05. The monoisotopic (exact) mass is 333 g/mol. The highest BCUT2D eigenvalue weighted by atomic mass is 32.1. The van der Waals surface area contributed by atoms with Gasteiger partial charge in [0.25, 0.3) is 0 Å². The first kappa shape index (κ1) is 16.6. The second-order valence-corrected chi connectivity index (χ2v) is 5.74. The Bertz CT molecular complexity index is 645. The number of aliphatic hydroxyl groups excluding tert-OH is 1. The van der Waals surface area contributed by atoms with Crippen LogP contribution in [0.15, 0.2) is 47.4 Å². The van der Waals surface area contributed by atoms with Crippen LogP contribution < -0.4 is 10.1 Å². The smallest absolute Gasteiger partial charge is 0.188 e. The van der Waals surface area contributed by atoms with E-state index in [1.54, 1.807) is 12.1 Å². The van der Waals surface area contributed by atoms with Crippen LogP contribution in [0.2, 0.25) is 0 Å². The lowest BCUT2D eigenvalue weighted by atomic mass is 10.2. The Morgan fingerprint density at radius 3 is 2.64 bits per heavy atom. The van der Waals surface area contributed by atoms with Crippen molar-refractivity contribution in [3.8, 4) is 11.5 Å². The van der Waals surface area contributed by atoms with Crippen LogP contribution in [0.25, 0.3) is 0 Å². The van der Waals surface area contributed by atoms with E-state index in [1.165, 1.54) is 0 Å². The van der Waals surface area contributed by atoms with Crippen molar-refractivity contribution >= 4 is 35.6 Å². The Labute approximate surface area is 141 Å². The second kappa shape index (κ2) is 8.06. The molecular weight excluding hydrogens is 314 g/mol. The first-order valence-electron chi connectivity index (χ1n) is 7.19. The van der Waals surface area contributed by atoms with E-state index in [9.17, 15) is 5.11 Å². The molecule has 5 heteroatoms. The topological polar surface area (TPSA) is 41.5 Å². The molecule has 0 aliphatic carbocycles. The molecule has 0 unspecified atom stereocenters. The molecule has 2 N–H and O–H groups in total. The third-order valence-electron chi connectivity index (χ3n) is 3.13. The van der Waals surface area contributed by atoms with Crippen LogP contribution >= 0.6 is 24.8 Å². The second-order valence-electron chi connectivity index (χ2n) is 4.87. The maximum atomic E-state index is 9.55. The number of benzene rings is 2. The number of hydrogen-bond acceptors (Lipinski definition) is 4. The molecule has 116 valence electrons. The van der Waals surface area contributed by atoms with Gasteiger partial charge in [-0.1, -0.05) is 31.5 Å². The number of thiol groups is 1. The van der Waals surface area contributed by atoms with Crippen molar-refractivity contribution < 1.29 is 9.84 Å². The third kappa shape index (κ3) is 4.39. The minimum Gasteiger partial charge on any atom is -0.499 e. The minimum absolute atomic E-state index is 0.153. The zero-order valence-corrected chi connectivity index (χ0v) is 14.1. The van der Waals surface area contributed by atoms with Gasteiger partial charge >= 0.3 is 0 Å². The third-order valence-corrected chi connectivity index (χ3v) is 3.69. The maximum absolute atomic E-state index is 9.55. The van der Waals surface area contributed by atoms with E-state index in [-0.39, 0.29) is 5.05 Å². The summed E-state index contributed by atoms with van der Waals surface area (Å²) in [4.78, 5) is 0.622. The molecule has 0 bridgehead atoms. The Morgan fingerprint density at radius 1 is 1.27 bits per heavy atom. The SMILES string of the molecule is CCCCNc1cc(C(O)=S)cc(S)c1Oc1ccccc1. The number of thiocarbonyl (C=S) groups is 1. The van der Waals surface area contributed by atoms with Crippen LogP contribution in [-0.4, -0.2) is 16.7 Å². The van der Waals surface area contributed by atoms with Crippen LogP contribution in [0.4, 0.5) is 5.69 Å². The molecule has 2 aromatic carbocycles. The first-order valence-corrected chi connectivity index (χ1v) is 8.04. The van der Waals surface area contributed by atoms with Gasteiger partial charge in [-0.15, -0.1) is 12.6 Å². The van der Waals surface area contributed by atoms with Gasteiger partial charge in [-0.2, -0.15) is 0 Å². The molecule has 3 nitrogen and oxygen atoms in total. The average molecular weight is 333 g/mol. The number of nitrogens with one attached hydrogen (secondary N) is 1. The first-order chi connectivity index (χ1) is 10.6. The molecule has 0 saturated heterocycles. The molecule has 0 heterocycles. The van der Waals surface area contributed by atoms with Crippen molar-refractivity contribution in [2.45, 2.75) is 24.7 Å². The largest absolute Gasteiger partial charge is 0.499 e. The predicted molar refractivity (Wildman–Crippen MR) is 97.9 cm³/mol. The summed E-state index contributed by atoms with van der Waals surface area (Å²) in [6, 6.07) is 13.0. The van der Waals surface area contributed by atoms with Gasteiger partial charge in [-0.3, -0.25) is 0 Å². The number of rotatable bonds is 7. The van der Waals surface area contributed by atoms with E-state index in [4.69, 9.17) is 17.0 Å². The fraction of sp³-hybridized carbons (Fsp3) is 0.235. The average Bonchev–Trinajstić information content (AvgIpc) is 2.51. The fourth-order valence-corrected chi connectivity index (χ4v) is 2.40. The number of para-hydroxylation sites is 1. The summed E-state index contributed by atoms with van der Waals surface area (Å²) in [5.74, 6) is 1.36. The van der Waals surface area contributed by atoms with E-state index >= 15 is 0 Å². The number of aliphatic hydroxyl groups is 1. The molecule has 22 heavy (non-hydrogen) atoms. The van der Waals surface area contributed by atoms with E-state index in [2.05, 4.69) is 24.9 Å². The van der Waals surface area contributed by atoms with Gasteiger partial charge in [-0.05, 0) is 42.9 Å². The van der Waals surface area contributed by atoms with Crippen LogP contribution in [-0.2, 0) is 0 Å². The quantitative estimate of drug-likeness (QED) is 0.369. The summed E-state index contributed by atoms with van der Waals surface area (Å²) in [5.41, 5.74) is 1.33. The number of unbranched alkanes of at least 4 members (excludes halogenated alkanes) is 1. The van der Waals surface area contributed by atoms with Crippen molar-refractivity contribution in [2.75, 3.05) is 11.9 Å². The highest BCUT2D eigenvalue weighted by molar-refractivity contribution is 7.80. The maximum Gasteiger partial charge on any atom is 0.188 e. The molecule has 2 rings (SSSR count).